The van der Waals surface area contributed by atoms with Gasteiger partial charge < -0.3 is 9.47 Å². The molecule has 0 bridgehead atoms. The maximum absolute atomic E-state index is 11.9. The molecule has 2 aromatic carbocycles. The SMILES string of the molecule is CC(=CC(=O)OCc1ccc(Br)cc1)C(=O)OCc1ccc(Br)cc1. The smallest absolute Gasteiger partial charge is 0.334 e. The lowest BCUT2D eigenvalue weighted by molar-refractivity contribution is -0.142. The van der Waals surface area contributed by atoms with Crippen molar-refractivity contribution in [1.82, 2.24) is 0 Å². The van der Waals surface area contributed by atoms with Crippen LogP contribution in [0, 0.1) is 0 Å². The maximum atomic E-state index is 11.9. The van der Waals surface area contributed by atoms with Crippen molar-refractivity contribution in [1.29, 1.82) is 0 Å². The molecule has 4 nitrogen and oxygen atoms in total. The summed E-state index contributed by atoms with van der Waals surface area (Å²) in [5.74, 6) is -1.13. The highest BCUT2D eigenvalue weighted by Crippen LogP contribution is 2.13. The van der Waals surface area contributed by atoms with Crippen molar-refractivity contribution in [3.05, 3.63) is 80.3 Å². The number of rotatable bonds is 6. The first-order valence-corrected chi connectivity index (χ1v) is 9.03. The summed E-state index contributed by atoms with van der Waals surface area (Å²) in [4.78, 5) is 23.7. The van der Waals surface area contributed by atoms with Crippen molar-refractivity contribution in [2.75, 3.05) is 0 Å². The summed E-state index contributed by atoms with van der Waals surface area (Å²) in [6.45, 7) is 1.81. The summed E-state index contributed by atoms with van der Waals surface area (Å²) >= 11 is 6.68. The zero-order valence-corrected chi connectivity index (χ0v) is 16.7. The summed E-state index contributed by atoms with van der Waals surface area (Å²) in [5, 5.41) is 0. The van der Waals surface area contributed by atoms with E-state index in [4.69, 9.17) is 9.47 Å². The average molecular weight is 468 g/mol. The van der Waals surface area contributed by atoms with Gasteiger partial charge in [-0.3, -0.25) is 0 Å². The first-order valence-electron chi connectivity index (χ1n) is 7.45. The van der Waals surface area contributed by atoms with E-state index in [-0.39, 0.29) is 18.8 Å². The van der Waals surface area contributed by atoms with Gasteiger partial charge in [0.15, 0.2) is 0 Å². The van der Waals surface area contributed by atoms with E-state index in [1.54, 1.807) is 0 Å². The quantitative estimate of drug-likeness (QED) is 0.445. The summed E-state index contributed by atoms with van der Waals surface area (Å²) in [7, 11) is 0. The van der Waals surface area contributed by atoms with Gasteiger partial charge >= 0.3 is 11.9 Å². The molecule has 25 heavy (non-hydrogen) atoms. The van der Waals surface area contributed by atoms with E-state index in [0.29, 0.717) is 0 Å². The fraction of sp³-hybridized carbons (Fsp3) is 0.158. The molecule has 0 saturated carbocycles. The van der Waals surface area contributed by atoms with E-state index >= 15 is 0 Å². The van der Waals surface area contributed by atoms with Crippen molar-refractivity contribution in [3.8, 4) is 0 Å². The van der Waals surface area contributed by atoms with Crippen LogP contribution in [0.1, 0.15) is 18.1 Å². The molecule has 0 radical (unpaired) electrons. The molecule has 2 aromatic rings. The highest BCUT2D eigenvalue weighted by Gasteiger charge is 2.09. The van der Waals surface area contributed by atoms with E-state index in [0.717, 1.165) is 26.1 Å². The van der Waals surface area contributed by atoms with Crippen LogP contribution < -0.4 is 0 Å². The van der Waals surface area contributed by atoms with Gasteiger partial charge in [-0.25, -0.2) is 9.59 Å². The molecule has 0 unspecified atom stereocenters. The molecule has 0 amide bonds. The first kappa shape index (κ1) is 19.4. The molecule has 6 heteroatoms. The Morgan fingerprint density at radius 1 is 0.840 bits per heavy atom. The van der Waals surface area contributed by atoms with E-state index in [2.05, 4.69) is 31.9 Å². The van der Waals surface area contributed by atoms with Crippen molar-refractivity contribution in [2.45, 2.75) is 20.1 Å². The predicted molar refractivity (Wildman–Crippen MR) is 102 cm³/mol. The Morgan fingerprint density at radius 3 is 1.76 bits per heavy atom. The summed E-state index contributed by atoms with van der Waals surface area (Å²) in [6, 6.07) is 14.9. The van der Waals surface area contributed by atoms with Crippen LogP contribution in [-0.2, 0) is 32.3 Å². The predicted octanol–water partition coefficient (Wildman–Crippen LogP) is 4.94. The normalized spacial score (nSPS) is 11.1. The summed E-state index contributed by atoms with van der Waals surface area (Å²) in [6.07, 6.45) is 1.14. The lowest BCUT2D eigenvalue weighted by Gasteiger charge is -2.06. The van der Waals surface area contributed by atoms with Gasteiger partial charge in [0.05, 0.1) is 0 Å². The fourth-order valence-electron chi connectivity index (χ4n) is 1.86. The number of carbonyl (C=O) groups excluding carboxylic acids is 2. The molecule has 0 N–H and O–H groups in total. The van der Waals surface area contributed by atoms with Crippen LogP contribution in [0.15, 0.2) is 69.1 Å². The molecule has 0 heterocycles. The Hall–Kier alpha value is -1.92. The minimum Gasteiger partial charge on any atom is -0.458 e. The number of hydrogen-bond donors (Lipinski definition) is 0. The molecule has 0 fully saturated rings. The molecule has 0 atom stereocenters. The average Bonchev–Trinajstić information content (AvgIpc) is 2.60. The third kappa shape index (κ3) is 6.84. The molecular weight excluding hydrogens is 452 g/mol. The lowest BCUT2D eigenvalue weighted by Crippen LogP contribution is -2.09. The molecule has 0 saturated heterocycles. The molecule has 0 aliphatic carbocycles. The van der Waals surface area contributed by atoms with E-state index < -0.39 is 11.9 Å². The zero-order valence-electron chi connectivity index (χ0n) is 13.5. The van der Waals surface area contributed by atoms with Crippen LogP contribution in [0.2, 0.25) is 0 Å². The Labute approximate surface area is 163 Å². The van der Waals surface area contributed by atoms with Gasteiger partial charge in [0.25, 0.3) is 0 Å². The van der Waals surface area contributed by atoms with Gasteiger partial charge in [0, 0.05) is 20.6 Å². The van der Waals surface area contributed by atoms with E-state index in [1.165, 1.54) is 6.92 Å². The van der Waals surface area contributed by atoms with Crippen LogP contribution in [0.4, 0.5) is 0 Å². The Kier molecular flexibility index (Phi) is 7.40. The number of esters is 2. The Balaban J connectivity index is 1.81. The minimum atomic E-state index is -0.582. The zero-order chi connectivity index (χ0) is 18.2. The van der Waals surface area contributed by atoms with Gasteiger partial charge in [-0.05, 0) is 42.3 Å². The van der Waals surface area contributed by atoms with E-state index in [9.17, 15) is 9.59 Å². The first-order chi connectivity index (χ1) is 11.9. The maximum Gasteiger partial charge on any atom is 0.334 e. The fourth-order valence-corrected chi connectivity index (χ4v) is 2.38. The van der Waals surface area contributed by atoms with Crippen molar-refractivity contribution in [3.63, 3.8) is 0 Å². The third-order valence-electron chi connectivity index (χ3n) is 3.23. The number of benzene rings is 2. The number of halogens is 2. The monoisotopic (exact) mass is 466 g/mol. The van der Waals surface area contributed by atoms with Crippen LogP contribution in [0.3, 0.4) is 0 Å². The number of hydrogen-bond acceptors (Lipinski definition) is 4. The largest absolute Gasteiger partial charge is 0.458 e. The summed E-state index contributed by atoms with van der Waals surface area (Å²) < 4.78 is 12.2. The van der Waals surface area contributed by atoms with Gasteiger partial charge in [0.2, 0.25) is 0 Å². The molecule has 2 rings (SSSR count). The van der Waals surface area contributed by atoms with Crippen molar-refractivity contribution < 1.29 is 19.1 Å². The van der Waals surface area contributed by atoms with Crippen LogP contribution in [0.5, 0.6) is 0 Å². The van der Waals surface area contributed by atoms with Crippen LogP contribution in [-0.4, -0.2) is 11.9 Å². The summed E-state index contributed by atoms with van der Waals surface area (Å²) in [5.41, 5.74) is 1.92. The Bertz CT molecular complexity index is 765. The van der Waals surface area contributed by atoms with Crippen molar-refractivity contribution >= 4 is 43.8 Å². The standard InChI is InChI=1S/C19H16Br2O4/c1-13(19(23)25-12-15-4-8-17(21)9-5-15)10-18(22)24-11-14-2-6-16(20)7-3-14/h2-10H,11-12H2,1H3. The van der Waals surface area contributed by atoms with Gasteiger partial charge in [-0.15, -0.1) is 0 Å². The molecule has 0 aromatic heterocycles. The van der Waals surface area contributed by atoms with Crippen LogP contribution >= 0.6 is 31.9 Å². The van der Waals surface area contributed by atoms with Gasteiger partial charge in [-0.1, -0.05) is 56.1 Å². The highest BCUT2D eigenvalue weighted by atomic mass is 79.9. The molecule has 130 valence electrons. The Morgan fingerprint density at radius 2 is 1.28 bits per heavy atom. The number of ether oxygens (including phenoxy) is 2. The van der Waals surface area contributed by atoms with Crippen LogP contribution in [0.25, 0.3) is 0 Å². The van der Waals surface area contributed by atoms with Crippen molar-refractivity contribution in [2.24, 2.45) is 0 Å². The molecular formula is C19H16Br2O4. The highest BCUT2D eigenvalue weighted by molar-refractivity contribution is 9.10. The second-order valence-corrected chi connectivity index (χ2v) is 7.10. The second kappa shape index (κ2) is 9.53. The third-order valence-corrected chi connectivity index (χ3v) is 4.29. The lowest BCUT2D eigenvalue weighted by atomic mass is 10.2. The van der Waals surface area contributed by atoms with Gasteiger partial charge in [0.1, 0.15) is 13.2 Å². The number of carbonyl (C=O) groups is 2. The molecule has 0 aliphatic heterocycles. The topological polar surface area (TPSA) is 52.6 Å². The minimum absolute atomic E-state index is 0.143. The van der Waals surface area contributed by atoms with Gasteiger partial charge in [-0.2, -0.15) is 0 Å². The molecule has 0 aliphatic rings. The second-order valence-electron chi connectivity index (χ2n) is 5.26. The molecule has 0 spiro atoms. The van der Waals surface area contributed by atoms with E-state index in [1.807, 2.05) is 48.5 Å².